The minimum Gasteiger partial charge on any atom is -0.310 e. The zero-order valence-electron chi connectivity index (χ0n) is 29.7. The zero-order chi connectivity index (χ0) is 35.6. The van der Waals surface area contributed by atoms with Crippen molar-refractivity contribution in [3.8, 4) is 44.5 Å². The Bertz CT molecular complexity index is 2790. The molecule has 0 heterocycles. The molecule has 0 spiro atoms. The van der Waals surface area contributed by atoms with Gasteiger partial charge in [0, 0.05) is 16.8 Å². The molecule has 0 unspecified atom stereocenters. The van der Waals surface area contributed by atoms with Gasteiger partial charge in [0.1, 0.15) is 0 Å². The monoisotopic (exact) mass is 685 g/mol. The molecule has 252 valence electrons. The van der Waals surface area contributed by atoms with Crippen molar-refractivity contribution in [1.82, 2.24) is 0 Å². The second-order valence-electron chi connectivity index (χ2n) is 14.4. The van der Waals surface area contributed by atoms with E-state index in [1.807, 2.05) is 0 Å². The highest BCUT2D eigenvalue weighted by molar-refractivity contribution is 6.19. The molecule has 0 aromatic heterocycles. The number of nitrogens with zero attached hydrogens (tertiary/aromatic N) is 1. The molecule has 2 aliphatic carbocycles. The molecule has 2 aliphatic rings. The van der Waals surface area contributed by atoms with Gasteiger partial charge in [0.05, 0.1) is 11.1 Å². The molecule has 0 amide bonds. The molecule has 0 bridgehead atoms. The fourth-order valence-corrected chi connectivity index (χ4v) is 9.42. The van der Waals surface area contributed by atoms with E-state index in [-0.39, 0.29) is 0 Å². The maximum Gasteiger partial charge on any atom is 0.0714 e. The first-order valence-corrected chi connectivity index (χ1v) is 18.8. The second kappa shape index (κ2) is 12.0. The predicted octanol–water partition coefficient (Wildman–Crippen LogP) is 14.0. The first-order chi connectivity index (χ1) is 26.8. The summed E-state index contributed by atoms with van der Waals surface area (Å²) in [6.07, 6.45) is 0. The van der Waals surface area contributed by atoms with E-state index in [2.05, 4.69) is 217 Å². The molecule has 0 atom stereocenters. The summed E-state index contributed by atoms with van der Waals surface area (Å²) in [6, 6.07) is 78.3. The summed E-state index contributed by atoms with van der Waals surface area (Å²) >= 11 is 0. The highest BCUT2D eigenvalue weighted by Crippen LogP contribution is 2.58. The van der Waals surface area contributed by atoms with Crippen molar-refractivity contribution in [2.24, 2.45) is 0 Å². The highest BCUT2D eigenvalue weighted by atomic mass is 15.1. The maximum absolute atomic E-state index is 2.48. The van der Waals surface area contributed by atoms with Crippen LogP contribution in [0.5, 0.6) is 0 Å². The van der Waals surface area contributed by atoms with Crippen LogP contribution in [0.15, 0.2) is 212 Å². The topological polar surface area (TPSA) is 3.24 Å². The van der Waals surface area contributed by atoms with Gasteiger partial charge in [-0.1, -0.05) is 182 Å². The summed E-state index contributed by atoms with van der Waals surface area (Å²) in [7, 11) is 0. The van der Waals surface area contributed by atoms with Crippen LogP contribution in [0, 0.1) is 0 Å². The average molecular weight is 686 g/mol. The van der Waals surface area contributed by atoms with Crippen LogP contribution in [-0.4, -0.2) is 0 Å². The molecular weight excluding hydrogens is 651 g/mol. The van der Waals surface area contributed by atoms with Crippen molar-refractivity contribution < 1.29 is 0 Å². The Labute approximate surface area is 316 Å². The lowest BCUT2D eigenvalue weighted by molar-refractivity contribution is 0.768. The molecule has 1 heteroatoms. The van der Waals surface area contributed by atoms with E-state index in [0.29, 0.717) is 0 Å². The summed E-state index contributed by atoms with van der Waals surface area (Å²) in [5.74, 6) is 0. The Hall–Kier alpha value is -6.96. The van der Waals surface area contributed by atoms with Gasteiger partial charge in [0.15, 0.2) is 0 Å². The SMILES string of the molecule is c1ccc(-c2ccc(N(c3ccc4c(c3)C(c3ccccc3)(c3ccccc3)c3ccccc3-4)c3ccc4c5c(cccc35)-c3ccccc3-4)cc2)cc1. The molecule has 11 rings (SSSR count). The molecule has 9 aromatic carbocycles. The van der Waals surface area contributed by atoms with Gasteiger partial charge in [-0.25, -0.2) is 0 Å². The lowest BCUT2D eigenvalue weighted by atomic mass is 9.67. The summed E-state index contributed by atoms with van der Waals surface area (Å²) < 4.78 is 0. The van der Waals surface area contributed by atoms with Crippen molar-refractivity contribution in [1.29, 1.82) is 0 Å². The minimum atomic E-state index is -0.489. The second-order valence-corrected chi connectivity index (χ2v) is 14.4. The molecule has 0 N–H and O–H groups in total. The molecule has 1 nitrogen and oxygen atoms in total. The smallest absolute Gasteiger partial charge is 0.0714 e. The Balaban J connectivity index is 1.18. The molecule has 0 radical (unpaired) electrons. The average Bonchev–Trinajstić information content (AvgIpc) is 3.74. The van der Waals surface area contributed by atoms with Crippen molar-refractivity contribution >= 4 is 27.8 Å². The van der Waals surface area contributed by atoms with E-state index in [0.717, 1.165) is 17.1 Å². The normalized spacial score (nSPS) is 13.0. The number of fused-ring (bicyclic) bond motifs is 6. The number of benzene rings is 9. The first kappa shape index (κ1) is 30.6. The Morgan fingerprint density at radius 1 is 0.315 bits per heavy atom. The summed E-state index contributed by atoms with van der Waals surface area (Å²) in [4.78, 5) is 2.48. The number of rotatable bonds is 6. The molecule has 0 saturated heterocycles. The third-order valence-corrected chi connectivity index (χ3v) is 11.7. The number of hydrogen-bond donors (Lipinski definition) is 0. The van der Waals surface area contributed by atoms with Crippen molar-refractivity contribution in [2.45, 2.75) is 5.41 Å². The summed E-state index contributed by atoms with van der Waals surface area (Å²) in [5, 5.41) is 2.56. The van der Waals surface area contributed by atoms with E-state index in [9.17, 15) is 0 Å². The lowest BCUT2D eigenvalue weighted by Crippen LogP contribution is -2.28. The Morgan fingerprint density at radius 3 is 1.50 bits per heavy atom. The van der Waals surface area contributed by atoms with Crippen molar-refractivity contribution in [3.63, 3.8) is 0 Å². The summed E-state index contributed by atoms with van der Waals surface area (Å²) in [6.45, 7) is 0. The van der Waals surface area contributed by atoms with Crippen LogP contribution < -0.4 is 4.90 Å². The van der Waals surface area contributed by atoms with E-state index in [1.165, 1.54) is 77.5 Å². The fourth-order valence-electron chi connectivity index (χ4n) is 9.42. The van der Waals surface area contributed by atoms with Crippen LogP contribution in [0.1, 0.15) is 22.3 Å². The molecule has 0 saturated carbocycles. The standard InChI is InChI=1S/C53H35N/c1-4-15-36(16-5-1)37-27-29-40(30-28-37)54(51-34-33-47-43-22-11-10-21-42(43)46-24-14-25-48(51)52(46)47)41-31-32-45-44-23-12-13-26-49(44)53(50(45)35-41,38-17-6-2-7-18-38)39-19-8-3-9-20-39/h1-35H. The third kappa shape index (κ3) is 4.39. The first-order valence-electron chi connectivity index (χ1n) is 18.8. The largest absolute Gasteiger partial charge is 0.310 e. The lowest BCUT2D eigenvalue weighted by Gasteiger charge is -2.35. The van der Waals surface area contributed by atoms with Gasteiger partial charge < -0.3 is 4.90 Å². The van der Waals surface area contributed by atoms with E-state index in [4.69, 9.17) is 0 Å². The van der Waals surface area contributed by atoms with Gasteiger partial charge in [-0.15, -0.1) is 0 Å². The van der Waals surface area contributed by atoms with Crippen molar-refractivity contribution in [3.05, 3.63) is 235 Å². The van der Waals surface area contributed by atoms with E-state index < -0.39 is 5.41 Å². The van der Waals surface area contributed by atoms with Crippen molar-refractivity contribution in [2.75, 3.05) is 4.90 Å². The molecule has 0 fully saturated rings. The van der Waals surface area contributed by atoms with Gasteiger partial charge in [0.2, 0.25) is 0 Å². The van der Waals surface area contributed by atoms with Gasteiger partial charge >= 0.3 is 0 Å². The van der Waals surface area contributed by atoms with E-state index in [1.54, 1.807) is 0 Å². The quantitative estimate of drug-likeness (QED) is 0.168. The van der Waals surface area contributed by atoms with Crippen LogP contribution >= 0.6 is 0 Å². The maximum atomic E-state index is 2.48. The van der Waals surface area contributed by atoms with E-state index >= 15 is 0 Å². The number of hydrogen-bond acceptors (Lipinski definition) is 1. The molecule has 54 heavy (non-hydrogen) atoms. The number of anilines is 3. The van der Waals surface area contributed by atoms with Gasteiger partial charge in [0.25, 0.3) is 0 Å². The van der Waals surface area contributed by atoms with Crippen LogP contribution in [0.25, 0.3) is 55.3 Å². The Kier molecular flexibility index (Phi) is 6.84. The molecule has 0 aliphatic heterocycles. The Morgan fingerprint density at radius 2 is 0.815 bits per heavy atom. The predicted molar refractivity (Wildman–Crippen MR) is 226 cm³/mol. The third-order valence-electron chi connectivity index (χ3n) is 11.7. The van der Waals surface area contributed by atoms with Gasteiger partial charge in [-0.05, 0) is 102 Å². The van der Waals surface area contributed by atoms with Crippen LogP contribution in [0.3, 0.4) is 0 Å². The van der Waals surface area contributed by atoms with Crippen LogP contribution in [-0.2, 0) is 5.41 Å². The van der Waals surface area contributed by atoms with Gasteiger partial charge in [-0.2, -0.15) is 0 Å². The zero-order valence-corrected chi connectivity index (χ0v) is 29.7. The van der Waals surface area contributed by atoms with Crippen LogP contribution in [0.4, 0.5) is 17.1 Å². The molecular formula is C53H35N. The minimum absolute atomic E-state index is 0.489. The summed E-state index contributed by atoms with van der Waals surface area (Å²) in [5.41, 5.74) is 18.2. The van der Waals surface area contributed by atoms with Crippen LogP contribution in [0.2, 0.25) is 0 Å². The highest BCUT2D eigenvalue weighted by Gasteiger charge is 2.46. The van der Waals surface area contributed by atoms with Gasteiger partial charge in [-0.3, -0.25) is 0 Å². The fraction of sp³-hybridized carbons (Fsp3) is 0.0189. The molecule has 9 aromatic rings.